The second-order valence-electron chi connectivity index (χ2n) is 7.91. The molecule has 158 valence electrons. The second kappa shape index (κ2) is 9.69. The van der Waals surface area contributed by atoms with Crippen LogP contribution in [0.4, 0.5) is 0 Å². The summed E-state index contributed by atoms with van der Waals surface area (Å²) in [4.78, 5) is 15.0. The Morgan fingerprint density at radius 2 is 1.83 bits per heavy atom. The number of likely N-dealkylation sites (tertiary alicyclic amines) is 1. The Morgan fingerprint density at radius 1 is 1.14 bits per heavy atom. The number of piperidine rings is 1. The average Bonchev–Trinajstić information content (AvgIpc) is 2.73. The van der Waals surface area contributed by atoms with Crippen molar-refractivity contribution in [2.45, 2.75) is 50.0 Å². The number of benzene rings is 2. The number of rotatable bonds is 8. The van der Waals surface area contributed by atoms with Gasteiger partial charge in [-0.15, -0.1) is 0 Å². The van der Waals surface area contributed by atoms with Crippen LogP contribution in [0.1, 0.15) is 39.0 Å². The van der Waals surface area contributed by atoms with Crippen LogP contribution in [0.3, 0.4) is 0 Å². The van der Waals surface area contributed by atoms with Gasteiger partial charge in [0.2, 0.25) is 15.9 Å². The van der Waals surface area contributed by atoms with Crippen molar-refractivity contribution in [3.63, 3.8) is 0 Å². The molecule has 3 rings (SSSR count). The summed E-state index contributed by atoms with van der Waals surface area (Å²) in [5, 5.41) is 10.9. The van der Waals surface area contributed by atoms with Crippen molar-refractivity contribution < 1.29 is 18.3 Å². The molecule has 0 aliphatic carbocycles. The molecule has 2 aromatic rings. The number of nitrogens with zero attached hydrogens (tertiary/aromatic N) is 1. The highest BCUT2D eigenvalue weighted by Gasteiger charge is 2.30. The van der Waals surface area contributed by atoms with E-state index in [4.69, 9.17) is 5.11 Å². The van der Waals surface area contributed by atoms with E-state index in [1.807, 2.05) is 24.3 Å². The highest BCUT2D eigenvalue weighted by atomic mass is 32.2. The number of amides is 1. The molecule has 1 unspecified atom stereocenters. The monoisotopic (exact) mass is 418 g/mol. The lowest BCUT2D eigenvalue weighted by molar-refractivity contribution is -0.134. The number of hydrogen-bond donors (Lipinski definition) is 2. The third kappa shape index (κ3) is 5.56. The van der Waals surface area contributed by atoms with Crippen molar-refractivity contribution in [3.05, 3.63) is 42.5 Å². The van der Waals surface area contributed by atoms with Crippen molar-refractivity contribution in [1.82, 2.24) is 9.62 Å². The zero-order chi connectivity index (χ0) is 20.9. The number of aliphatic hydroxyl groups excluding tert-OH is 1. The van der Waals surface area contributed by atoms with Gasteiger partial charge in [0.15, 0.2) is 0 Å². The van der Waals surface area contributed by atoms with Crippen LogP contribution >= 0.6 is 0 Å². The zero-order valence-electron chi connectivity index (χ0n) is 16.9. The van der Waals surface area contributed by atoms with E-state index >= 15 is 0 Å². The molecule has 2 aromatic carbocycles. The van der Waals surface area contributed by atoms with E-state index < -0.39 is 16.1 Å². The Kier molecular flexibility index (Phi) is 7.27. The summed E-state index contributed by atoms with van der Waals surface area (Å²) >= 11 is 0. The minimum absolute atomic E-state index is 0.0273. The molecule has 1 saturated heterocycles. The maximum atomic E-state index is 13.1. The number of hydrogen-bond acceptors (Lipinski definition) is 4. The van der Waals surface area contributed by atoms with Crippen molar-refractivity contribution >= 4 is 26.7 Å². The highest BCUT2D eigenvalue weighted by molar-refractivity contribution is 7.89. The summed E-state index contributed by atoms with van der Waals surface area (Å²) in [5.41, 5.74) is 0. The van der Waals surface area contributed by atoms with Crippen molar-refractivity contribution in [2.75, 3.05) is 19.7 Å². The van der Waals surface area contributed by atoms with Gasteiger partial charge >= 0.3 is 0 Å². The van der Waals surface area contributed by atoms with Gasteiger partial charge in [-0.2, -0.15) is 4.72 Å². The number of fused-ring (bicyclic) bond motifs is 1. The predicted octanol–water partition coefficient (Wildman–Crippen LogP) is 2.91. The summed E-state index contributed by atoms with van der Waals surface area (Å²) < 4.78 is 28.7. The topological polar surface area (TPSA) is 86.7 Å². The van der Waals surface area contributed by atoms with E-state index in [-0.39, 0.29) is 17.4 Å². The van der Waals surface area contributed by atoms with Crippen LogP contribution in [0, 0.1) is 5.92 Å². The Balaban J connectivity index is 1.79. The molecule has 1 atom stereocenters. The first kappa shape index (κ1) is 21.7. The van der Waals surface area contributed by atoms with E-state index in [1.165, 1.54) is 0 Å². The molecule has 2 N–H and O–H groups in total. The average molecular weight is 419 g/mol. The largest absolute Gasteiger partial charge is 0.396 e. The van der Waals surface area contributed by atoms with Gasteiger partial charge in [-0.3, -0.25) is 4.79 Å². The van der Waals surface area contributed by atoms with Gasteiger partial charge in [0, 0.05) is 19.7 Å². The van der Waals surface area contributed by atoms with Crippen LogP contribution in [0.25, 0.3) is 10.8 Å². The third-order valence-corrected chi connectivity index (χ3v) is 7.09. The third-order valence-electron chi connectivity index (χ3n) is 5.62. The molecule has 1 heterocycles. The SMILES string of the molecule is CC1CCN(C(=O)C(CCCCO)NS(=O)(=O)c2ccc3ccccc3c2)CC1. The van der Waals surface area contributed by atoms with E-state index in [2.05, 4.69) is 11.6 Å². The molecule has 6 nitrogen and oxygen atoms in total. The van der Waals surface area contributed by atoms with Crippen molar-refractivity contribution in [3.8, 4) is 0 Å². The number of carbonyl (C=O) groups is 1. The minimum Gasteiger partial charge on any atom is -0.396 e. The van der Waals surface area contributed by atoms with Crippen LogP contribution in [0.15, 0.2) is 47.4 Å². The smallest absolute Gasteiger partial charge is 0.241 e. The van der Waals surface area contributed by atoms with E-state index in [9.17, 15) is 13.2 Å². The summed E-state index contributed by atoms with van der Waals surface area (Å²) in [7, 11) is -3.84. The second-order valence-corrected chi connectivity index (χ2v) is 9.62. The van der Waals surface area contributed by atoms with Crippen LogP contribution in [-0.2, 0) is 14.8 Å². The molecule has 1 aliphatic rings. The zero-order valence-corrected chi connectivity index (χ0v) is 17.7. The first-order valence-electron chi connectivity index (χ1n) is 10.3. The van der Waals surface area contributed by atoms with Gasteiger partial charge in [0.05, 0.1) is 4.90 Å². The molecule has 0 radical (unpaired) electrons. The number of nitrogens with one attached hydrogen (secondary N) is 1. The standard InChI is InChI=1S/C22H30N2O4S/c1-17-11-13-24(14-12-17)22(26)21(8-4-5-15-25)23-29(27,28)20-10-9-18-6-2-3-7-19(18)16-20/h2-3,6-7,9-10,16-17,21,23,25H,4-5,8,11-15H2,1H3. The quantitative estimate of drug-likeness (QED) is 0.646. The van der Waals surface area contributed by atoms with Gasteiger partial charge < -0.3 is 10.0 Å². The number of carbonyl (C=O) groups excluding carboxylic acids is 1. The summed E-state index contributed by atoms with van der Waals surface area (Å²) in [6, 6.07) is 11.7. The first-order chi connectivity index (χ1) is 13.9. The maximum absolute atomic E-state index is 13.1. The van der Waals surface area contributed by atoms with Gasteiger partial charge in [-0.25, -0.2) is 8.42 Å². The van der Waals surface area contributed by atoms with Crippen LogP contribution in [0.2, 0.25) is 0 Å². The Bertz CT molecular complexity index is 937. The van der Waals surface area contributed by atoms with Gasteiger partial charge in [-0.1, -0.05) is 37.3 Å². The predicted molar refractivity (Wildman–Crippen MR) is 114 cm³/mol. The molecule has 0 saturated carbocycles. The molecule has 0 aromatic heterocycles. The summed E-state index contributed by atoms with van der Waals surface area (Å²) in [6.45, 7) is 3.52. The molecule has 29 heavy (non-hydrogen) atoms. The molecule has 0 bridgehead atoms. The Hall–Kier alpha value is -1.96. The molecule has 0 spiro atoms. The van der Waals surface area contributed by atoms with E-state index in [0.29, 0.717) is 38.3 Å². The van der Waals surface area contributed by atoms with Gasteiger partial charge in [-0.05, 0) is 60.9 Å². The molecule has 1 fully saturated rings. The molecular formula is C22H30N2O4S. The molecule has 1 aliphatic heterocycles. The van der Waals surface area contributed by atoms with Gasteiger partial charge in [0.25, 0.3) is 0 Å². The van der Waals surface area contributed by atoms with Crippen molar-refractivity contribution in [1.29, 1.82) is 0 Å². The summed E-state index contributed by atoms with van der Waals surface area (Å²) in [5.74, 6) is 0.417. The number of unbranched alkanes of at least 4 members (excludes halogenated alkanes) is 1. The Morgan fingerprint density at radius 3 is 2.52 bits per heavy atom. The molecular weight excluding hydrogens is 388 g/mol. The van der Waals surface area contributed by atoms with Crippen molar-refractivity contribution in [2.24, 2.45) is 5.92 Å². The number of aliphatic hydroxyl groups is 1. The fourth-order valence-corrected chi connectivity index (χ4v) is 4.99. The minimum atomic E-state index is -3.84. The molecule has 7 heteroatoms. The first-order valence-corrected chi connectivity index (χ1v) is 11.8. The Labute approximate surface area is 173 Å². The fourth-order valence-electron chi connectivity index (χ4n) is 3.73. The maximum Gasteiger partial charge on any atom is 0.241 e. The summed E-state index contributed by atoms with van der Waals surface area (Å²) in [6.07, 6.45) is 3.37. The lowest BCUT2D eigenvalue weighted by Crippen LogP contribution is -2.50. The lowest BCUT2D eigenvalue weighted by Gasteiger charge is -2.33. The normalized spacial score (nSPS) is 16.8. The van der Waals surface area contributed by atoms with Gasteiger partial charge in [0.1, 0.15) is 6.04 Å². The van der Waals surface area contributed by atoms with E-state index in [0.717, 1.165) is 23.6 Å². The highest BCUT2D eigenvalue weighted by Crippen LogP contribution is 2.21. The number of sulfonamides is 1. The molecule has 1 amide bonds. The van der Waals surface area contributed by atoms with Crippen LogP contribution < -0.4 is 4.72 Å². The van der Waals surface area contributed by atoms with E-state index in [1.54, 1.807) is 23.1 Å². The van der Waals surface area contributed by atoms with Crippen LogP contribution in [0.5, 0.6) is 0 Å². The lowest BCUT2D eigenvalue weighted by atomic mass is 9.98. The fraction of sp³-hybridized carbons (Fsp3) is 0.500. The van der Waals surface area contributed by atoms with Crippen LogP contribution in [-0.4, -0.2) is 50.1 Å².